The van der Waals surface area contributed by atoms with Crippen LogP contribution in [0.15, 0.2) is 54.6 Å². The van der Waals surface area contributed by atoms with E-state index >= 15 is 0 Å². The fourth-order valence-electron chi connectivity index (χ4n) is 3.09. The Balaban J connectivity index is 2.05. The highest BCUT2D eigenvalue weighted by atomic mass is 19.2. The fourth-order valence-corrected chi connectivity index (χ4v) is 3.09. The fraction of sp³-hybridized carbons (Fsp3) is 0.217. The second-order valence-corrected chi connectivity index (χ2v) is 6.41. The standard InChI is InChI=1S/C23H21F3/c1-3-5-16-8-12-19-18(14-16)11-13-20(22(19)25)23(26)21(24)17-9-6-15(4-2)7-10-17/h6-14H,3-5H2,1-2H3. The molecule has 3 aromatic carbocycles. The van der Waals surface area contributed by atoms with E-state index in [-0.39, 0.29) is 11.1 Å². The highest BCUT2D eigenvalue weighted by Gasteiger charge is 2.17. The number of halogens is 3. The van der Waals surface area contributed by atoms with Crippen molar-refractivity contribution >= 4 is 22.4 Å². The average molecular weight is 354 g/mol. The molecular weight excluding hydrogens is 333 g/mol. The second-order valence-electron chi connectivity index (χ2n) is 6.41. The Morgan fingerprint density at radius 1 is 0.808 bits per heavy atom. The molecule has 26 heavy (non-hydrogen) atoms. The summed E-state index contributed by atoms with van der Waals surface area (Å²) >= 11 is 0. The van der Waals surface area contributed by atoms with Crippen molar-refractivity contribution in [1.82, 2.24) is 0 Å². The summed E-state index contributed by atoms with van der Waals surface area (Å²) in [6.07, 6.45) is 2.70. The minimum absolute atomic E-state index is 0.109. The van der Waals surface area contributed by atoms with Crippen LogP contribution in [-0.2, 0) is 12.8 Å². The minimum Gasteiger partial charge on any atom is -0.206 e. The SMILES string of the molecule is CCCc1ccc2c(F)c(C(F)=C(F)c3ccc(CC)cc3)ccc2c1. The maximum atomic E-state index is 14.8. The molecule has 134 valence electrons. The predicted octanol–water partition coefficient (Wildman–Crippen LogP) is 7.26. The summed E-state index contributed by atoms with van der Waals surface area (Å²) in [5.74, 6) is -2.96. The molecule has 0 fully saturated rings. The Labute approximate surface area is 152 Å². The van der Waals surface area contributed by atoms with Crippen molar-refractivity contribution in [1.29, 1.82) is 0 Å². The van der Waals surface area contributed by atoms with Gasteiger partial charge in [-0.2, -0.15) is 0 Å². The van der Waals surface area contributed by atoms with Gasteiger partial charge in [0.1, 0.15) is 5.82 Å². The summed E-state index contributed by atoms with van der Waals surface area (Å²) in [4.78, 5) is 0. The first kappa shape index (κ1) is 18.2. The molecule has 3 heteroatoms. The Bertz CT molecular complexity index is 953. The van der Waals surface area contributed by atoms with Gasteiger partial charge in [0.15, 0.2) is 11.7 Å². The molecule has 0 spiro atoms. The van der Waals surface area contributed by atoms with Gasteiger partial charge in [-0.05, 0) is 35.4 Å². The zero-order valence-corrected chi connectivity index (χ0v) is 15.0. The molecule has 0 aliphatic heterocycles. The predicted molar refractivity (Wildman–Crippen MR) is 103 cm³/mol. The van der Waals surface area contributed by atoms with Crippen LogP contribution in [0.5, 0.6) is 0 Å². The van der Waals surface area contributed by atoms with Crippen molar-refractivity contribution in [3.8, 4) is 0 Å². The molecule has 0 heterocycles. The van der Waals surface area contributed by atoms with Crippen LogP contribution in [-0.4, -0.2) is 0 Å². The lowest BCUT2D eigenvalue weighted by Gasteiger charge is -2.08. The van der Waals surface area contributed by atoms with E-state index in [4.69, 9.17) is 0 Å². The van der Waals surface area contributed by atoms with Crippen molar-refractivity contribution in [2.24, 2.45) is 0 Å². The molecule has 0 bridgehead atoms. The summed E-state index contributed by atoms with van der Waals surface area (Å²) in [6.45, 7) is 4.06. The van der Waals surface area contributed by atoms with Crippen molar-refractivity contribution in [2.75, 3.05) is 0 Å². The van der Waals surface area contributed by atoms with Gasteiger partial charge < -0.3 is 0 Å². The van der Waals surface area contributed by atoms with Gasteiger partial charge in [0, 0.05) is 16.5 Å². The van der Waals surface area contributed by atoms with Crippen LogP contribution < -0.4 is 0 Å². The van der Waals surface area contributed by atoms with Crippen LogP contribution in [0, 0.1) is 5.82 Å². The first-order chi connectivity index (χ1) is 12.5. The van der Waals surface area contributed by atoms with Crippen LogP contribution in [0.3, 0.4) is 0 Å². The summed E-state index contributed by atoms with van der Waals surface area (Å²) in [6, 6.07) is 14.8. The maximum absolute atomic E-state index is 14.8. The smallest absolute Gasteiger partial charge is 0.169 e. The first-order valence-electron chi connectivity index (χ1n) is 8.91. The summed E-state index contributed by atoms with van der Waals surface area (Å²) in [5, 5.41) is 0.990. The number of aryl methyl sites for hydroxylation is 2. The molecule has 0 nitrogen and oxygen atoms in total. The van der Waals surface area contributed by atoms with Crippen molar-refractivity contribution in [3.63, 3.8) is 0 Å². The van der Waals surface area contributed by atoms with E-state index in [0.29, 0.717) is 10.8 Å². The molecule has 0 saturated heterocycles. The van der Waals surface area contributed by atoms with Crippen LogP contribution >= 0.6 is 0 Å². The molecule has 0 aliphatic carbocycles. The Morgan fingerprint density at radius 2 is 1.50 bits per heavy atom. The highest BCUT2D eigenvalue weighted by molar-refractivity contribution is 5.91. The Hall–Kier alpha value is -2.55. The van der Waals surface area contributed by atoms with E-state index in [1.807, 2.05) is 19.1 Å². The van der Waals surface area contributed by atoms with E-state index in [1.165, 1.54) is 18.2 Å². The van der Waals surface area contributed by atoms with E-state index in [2.05, 4.69) is 6.92 Å². The quantitative estimate of drug-likeness (QED) is 0.423. The van der Waals surface area contributed by atoms with Crippen molar-refractivity contribution in [3.05, 3.63) is 82.7 Å². The topological polar surface area (TPSA) is 0 Å². The Morgan fingerprint density at radius 3 is 2.15 bits per heavy atom. The Kier molecular flexibility index (Phi) is 5.46. The largest absolute Gasteiger partial charge is 0.206 e. The molecule has 0 amide bonds. The second kappa shape index (κ2) is 7.77. The van der Waals surface area contributed by atoms with Gasteiger partial charge in [0.25, 0.3) is 0 Å². The van der Waals surface area contributed by atoms with Gasteiger partial charge in [-0.25, -0.2) is 13.2 Å². The number of benzene rings is 3. The third-order valence-electron chi connectivity index (χ3n) is 4.60. The lowest BCUT2D eigenvalue weighted by Crippen LogP contribution is -1.92. The minimum atomic E-state index is -1.17. The van der Waals surface area contributed by atoms with Gasteiger partial charge in [0.05, 0.1) is 0 Å². The van der Waals surface area contributed by atoms with Crippen LogP contribution in [0.2, 0.25) is 0 Å². The lowest BCUT2D eigenvalue weighted by molar-refractivity contribution is 0.622. The third-order valence-corrected chi connectivity index (χ3v) is 4.60. The van der Waals surface area contributed by atoms with E-state index < -0.39 is 17.5 Å². The molecule has 0 radical (unpaired) electrons. The average Bonchev–Trinajstić information content (AvgIpc) is 2.67. The van der Waals surface area contributed by atoms with Crippen molar-refractivity contribution in [2.45, 2.75) is 33.1 Å². The summed E-state index contributed by atoms with van der Waals surface area (Å²) < 4.78 is 44.0. The molecule has 0 unspecified atom stereocenters. The zero-order valence-electron chi connectivity index (χ0n) is 15.0. The zero-order chi connectivity index (χ0) is 18.7. The molecule has 0 saturated carbocycles. The summed E-state index contributed by atoms with van der Waals surface area (Å²) in [7, 11) is 0. The molecule has 0 aromatic heterocycles. The number of hydrogen-bond donors (Lipinski definition) is 0. The van der Waals surface area contributed by atoms with E-state index in [1.54, 1.807) is 24.3 Å². The third kappa shape index (κ3) is 3.52. The van der Waals surface area contributed by atoms with Gasteiger partial charge in [-0.3, -0.25) is 0 Å². The van der Waals surface area contributed by atoms with Gasteiger partial charge in [-0.15, -0.1) is 0 Å². The normalized spacial score (nSPS) is 12.3. The van der Waals surface area contributed by atoms with Crippen LogP contribution in [0.1, 0.15) is 42.5 Å². The lowest BCUT2D eigenvalue weighted by atomic mass is 10.00. The summed E-state index contributed by atoms with van der Waals surface area (Å²) in [5.41, 5.74) is 1.89. The van der Waals surface area contributed by atoms with Crippen LogP contribution in [0.4, 0.5) is 13.2 Å². The maximum Gasteiger partial charge on any atom is 0.169 e. The highest BCUT2D eigenvalue weighted by Crippen LogP contribution is 2.33. The van der Waals surface area contributed by atoms with Crippen molar-refractivity contribution < 1.29 is 13.2 Å². The van der Waals surface area contributed by atoms with E-state index in [0.717, 1.165) is 30.4 Å². The molecule has 0 N–H and O–H groups in total. The molecule has 0 aliphatic rings. The number of rotatable bonds is 5. The number of hydrogen-bond acceptors (Lipinski definition) is 0. The molecule has 3 aromatic rings. The van der Waals surface area contributed by atoms with E-state index in [9.17, 15) is 13.2 Å². The van der Waals surface area contributed by atoms with Gasteiger partial charge in [0.2, 0.25) is 0 Å². The van der Waals surface area contributed by atoms with Gasteiger partial charge >= 0.3 is 0 Å². The van der Waals surface area contributed by atoms with Crippen LogP contribution in [0.25, 0.3) is 22.4 Å². The molecule has 0 atom stereocenters. The molecule has 3 rings (SSSR count). The number of fused-ring (bicyclic) bond motifs is 1. The first-order valence-corrected chi connectivity index (χ1v) is 8.91. The van der Waals surface area contributed by atoms with Gasteiger partial charge in [-0.1, -0.05) is 68.8 Å². The molecular formula is C23H21F3. The monoisotopic (exact) mass is 354 g/mol.